The number of amides is 4. The van der Waals surface area contributed by atoms with Gasteiger partial charge >= 0.3 is 12.2 Å². The molecular weight excluding hydrogens is 709 g/mol. The molecule has 6 atom stereocenters. The van der Waals surface area contributed by atoms with Crippen LogP contribution in [0.25, 0.3) is 11.3 Å². The molecule has 1 aliphatic heterocycles. The van der Waals surface area contributed by atoms with Crippen LogP contribution in [0.2, 0.25) is 5.02 Å². The van der Waals surface area contributed by atoms with Crippen LogP contribution in [0, 0.1) is 11.8 Å². The fraction of sp³-hybridized carbons (Fsp3) is 0.484. The molecule has 4 fully saturated rings. The number of piperidine rings is 1. The van der Waals surface area contributed by atoms with Crippen LogP contribution in [-0.4, -0.2) is 90.8 Å². The summed E-state index contributed by atoms with van der Waals surface area (Å²) in [6.45, 7) is 0.792. The van der Waals surface area contributed by atoms with E-state index in [1.165, 1.54) is 25.2 Å². The van der Waals surface area contributed by atoms with E-state index in [0.29, 0.717) is 17.8 Å². The number of carboxylic acid groups (broad SMARTS) is 1. The number of benzene rings is 1. The highest BCUT2D eigenvalue weighted by Crippen LogP contribution is 2.53. The summed E-state index contributed by atoms with van der Waals surface area (Å²) < 4.78 is 70.1. The highest BCUT2D eigenvalue weighted by molar-refractivity contribution is 6.34. The number of imidazole rings is 1. The van der Waals surface area contributed by atoms with E-state index in [2.05, 4.69) is 26.0 Å². The molecule has 0 radical (unpaired) electrons. The van der Waals surface area contributed by atoms with Gasteiger partial charge in [-0.2, -0.15) is 18.3 Å². The minimum Gasteiger partial charge on any atom is -0.483 e. The summed E-state index contributed by atoms with van der Waals surface area (Å²) in [5.41, 5.74) is 4.39. The van der Waals surface area contributed by atoms with Gasteiger partial charge in [0, 0.05) is 68.4 Å². The third-order valence-electron chi connectivity index (χ3n) is 9.71. The molecule has 2 aromatic heterocycles. The third-order valence-corrected chi connectivity index (χ3v) is 10.0. The molecule has 0 spiro atoms. The Kier molecular flexibility index (Phi) is 9.47. The van der Waals surface area contributed by atoms with Crippen LogP contribution < -0.4 is 21.7 Å². The Bertz CT molecular complexity index is 1850. The van der Waals surface area contributed by atoms with Gasteiger partial charge in [0.25, 0.3) is 24.2 Å². The van der Waals surface area contributed by atoms with E-state index in [1.807, 2.05) is 0 Å². The molecule has 51 heavy (non-hydrogen) atoms. The van der Waals surface area contributed by atoms with Gasteiger partial charge in [0.2, 0.25) is 0 Å². The number of urea groups is 1. The number of rotatable bonds is 7. The van der Waals surface area contributed by atoms with Crippen molar-refractivity contribution in [2.45, 2.75) is 61.9 Å². The Morgan fingerprint density at radius 3 is 2.35 bits per heavy atom. The standard InChI is InChI=1S/C30H31ClF5N9O3.CH2O2/c1-43-21(17-12-45(22-8-29(22,32)33)42-24(17)30(34,35)36)9-38-25(43)27(47)39-13-5-6-14(18(31)7-13)26(46)41-23-15-10-44(11-16(15)23)28(48)40-20-4-2-3-19(20)37;2-1-3/h5-7,9,12,15-16,19-20,22-23H,2-4,8,10-11,37H2,1H3,(H,39,47)(H,40,48)(H,41,46);1H,(H,2,3)/t15-,16+,19-,20+,22?,23?;/m0./s1. The predicted octanol–water partition coefficient (Wildman–Crippen LogP) is 3.74. The predicted molar refractivity (Wildman–Crippen MR) is 170 cm³/mol. The van der Waals surface area contributed by atoms with Gasteiger partial charge in [-0.3, -0.25) is 19.1 Å². The van der Waals surface area contributed by atoms with Gasteiger partial charge in [0.15, 0.2) is 11.5 Å². The van der Waals surface area contributed by atoms with Gasteiger partial charge in [0.05, 0.1) is 28.0 Å². The van der Waals surface area contributed by atoms with E-state index in [4.69, 9.17) is 27.2 Å². The number of alkyl halides is 5. The van der Waals surface area contributed by atoms with Crippen molar-refractivity contribution in [3.8, 4) is 11.3 Å². The zero-order chi connectivity index (χ0) is 37.0. The average Bonchev–Trinajstić information content (AvgIpc) is 3.50. The van der Waals surface area contributed by atoms with Gasteiger partial charge in [0.1, 0.15) is 6.04 Å². The number of aromatic nitrogens is 4. The van der Waals surface area contributed by atoms with Gasteiger partial charge in [-0.25, -0.2) is 18.6 Å². The maximum absolute atomic E-state index is 13.8. The highest BCUT2D eigenvalue weighted by Gasteiger charge is 2.60. The van der Waals surface area contributed by atoms with Crippen LogP contribution in [0.3, 0.4) is 0 Å². The largest absolute Gasteiger partial charge is 0.483 e. The molecule has 0 bridgehead atoms. The van der Waals surface area contributed by atoms with Crippen LogP contribution in [-0.2, 0) is 18.0 Å². The number of hydrogen-bond acceptors (Lipinski definition) is 7. The number of fused-ring (bicyclic) bond motifs is 1. The summed E-state index contributed by atoms with van der Waals surface area (Å²) in [7, 11) is 1.31. The number of nitrogens with two attached hydrogens (primary N) is 1. The summed E-state index contributed by atoms with van der Waals surface area (Å²) >= 11 is 6.39. The van der Waals surface area contributed by atoms with Gasteiger partial charge in [-0.05, 0) is 37.5 Å². The molecule has 20 heteroatoms. The van der Waals surface area contributed by atoms with Crippen LogP contribution in [0.15, 0.2) is 30.6 Å². The summed E-state index contributed by atoms with van der Waals surface area (Å²) in [6, 6.07) is 2.45. The highest BCUT2D eigenvalue weighted by atomic mass is 35.5. The van der Waals surface area contributed by atoms with E-state index >= 15 is 0 Å². The quantitative estimate of drug-likeness (QED) is 0.179. The van der Waals surface area contributed by atoms with Crippen LogP contribution in [0.5, 0.6) is 0 Å². The van der Waals surface area contributed by atoms with Crippen molar-refractivity contribution in [1.29, 1.82) is 0 Å². The Morgan fingerprint density at radius 2 is 1.78 bits per heavy atom. The van der Waals surface area contributed by atoms with E-state index < -0.39 is 47.6 Å². The van der Waals surface area contributed by atoms with Crippen molar-refractivity contribution in [1.82, 2.24) is 34.9 Å². The number of nitrogens with one attached hydrogen (secondary N) is 3. The summed E-state index contributed by atoms with van der Waals surface area (Å²) in [6.07, 6.45) is -0.904. The first-order valence-electron chi connectivity index (χ1n) is 15.9. The number of hydrogen-bond donors (Lipinski definition) is 5. The van der Waals surface area contributed by atoms with Crippen molar-refractivity contribution in [3.05, 3.63) is 52.7 Å². The topological polar surface area (TPSA) is 190 Å². The first-order chi connectivity index (χ1) is 24.0. The second kappa shape index (κ2) is 13.4. The lowest BCUT2D eigenvalue weighted by atomic mass is 10.2. The number of anilines is 1. The minimum absolute atomic E-state index is 0.0179. The van der Waals surface area contributed by atoms with Crippen molar-refractivity contribution < 1.29 is 46.2 Å². The van der Waals surface area contributed by atoms with Gasteiger partial charge in [-0.1, -0.05) is 11.6 Å². The zero-order valence-corrected chi connectivity index (χ0v) is 27.6. The lowest BCUT2D eigenvalue weighted by molar-refractivity contribution is -0.141. The summed E-state index contributed by atoms with van der Waals surface area (Å²) in [5.74, 6) is -4.36. The first kappa shape index (κ1) is 36.0. The number of nitrogens with zero attached hydrogens (tertiary/aromatic N) is 5. The second-order valence-electron chi connectivity index (χ2n) is 13.0. The SMILES string of the molecule is Cn1c(-c2cn(C3CC3(F)F)nc2C(F)(F)F)cnc1C(=O)Nc1ccc(C(=O)NC2[C@H]3CN(C(=O)N[C@@H]4CCC[C@@H]4N)C[C@@H]23)c(Cl)c1.O=CO. The molecule has 7 rings (SSSR count). The Hall–Kier alpha value is -4.78. The number of carbonyl (C=O) groups is 4. The Morgan fingerprint density at radius 1 is 1.12 bits per heavy atom. The lowest BCUT2D eigenvalue weighted by Crippen LogP contribution is -2.50. The van der Waals surface area contributed by atoms with Crippen molar-refractivity contribution in [2.24, 2.45) is 24.6 Å². The van der Waals surface area contributed by atoms with Crippen molar-refractivity contribution in [2.75, 3.05) is 18.4 Å². The van der Waals surface area contributed by atoms with E-state index in [9.17, 15) is 36.3 Å². The summed E-state index contributed by atoms with van der Waals surface area (Å²) in [4.78, 5) is 52.8. The third kappa shape index (κ3) is 7.21. The fourth-order valence-electron chi connectivity index (χ4n) is 6.82. The summed E-state index contributed by atoms with van der Waals surface area (Å²) in [5, 5.41) is 18.8. The zero-order valence-electron chi connectivity index (χ0n) is 26.8. The minimum atomic E-state index is -4.94. The van der Waals surface area contributed by atoms with E-state index in [-0.39, 0.29) is 70.3 Å². The smallest absolute Gasteiger partial charge is 0.435 e. The normalized spacial score (nSPS) is 25.7. The molecule has 3 heterocycles. The molecule has 2 unspecified atom stereocenters. The van der Waals surface area contributed by atoms with Gasteiger partial charge < -0.3 is 36.3 Å². The fourth-order valence-corrected chi connectivity index (χ4v) is 7.09. The molecular formula is C31H33ClF5N9O5. The van der Waals surface area contributed by atoms with E-state index in [1.54, 1.807) is 4.90 Å². The van der Waals surface area contributed by atoms with Crippen molar-refractivity contribution in [3.63, 3.8) is 0 Å². The van der Waals surface area contributed by atoms with Crippen LogP contribution >= 0.6 is 11.6 Å². The molecule has 3 saturated carbocycles. The molecule has 1 aromatic carbocycles. The monoisotopic (exact) mass is 741 g/mol. The van der Waals surface area contributed by atoms with E-state index in [0.717, 1.165) is 36.2 Å². The average molecular weight is 742 g/mol. The molecule has 14 nitrogen and oxygen atoms in total. The first-order valence-corrected chi connectivity index (χ1v) is 16.3. The molecule has 4 aliphatic rings. The van der Waals surface area contributed by atoms with Crippen LogP contribution in [0.1, 0.15) is 58.4 Å². The maximum atomic E-state index is 13.8. The molecule has 1 saturated heterocycles. The van der Waals surface area contributed by atoms with Crippen LogP contribution in [0.4, 0.5) is 32.4 Å². The second-order valence-corrected chi connectivity index (χ2v) is 13.4. The molecule has 3 aromatic rings. The lowest BCUT2D eigenvalue weighted by Gasteiger charge is -2.25. The van der Waals surface area contributed by atoms with Crippen molar-refractivity contribution >= 4 is 41.6 Å². The molecule has 4 amide bonds. The number of likely N-dealkylation sites (tertiary alicyclic amines) is 1. The number of carbonyl (C=O) groups excluding carboxylic acids is 3. The Balaban J connectivity index is 0.00000144. The Labute approximate surface area is 291 Å². The molecule has 274 valence electrons. The number of halogens is 6. The maximum Gasteiger partial charge on any atom is 0.435 e. The molecule has 6 N–H and O–H groups in total. The molecule has 3 aliphatic carbocycles. The van der Waals surface area contributed by atoms with Gasteiger partial charge in [-0.15, -0.1) is 0 Å².